The molecule has 1 aliphatic rings. The molecule has 1 aliphatic heterocycles. The van der Waals surface area contributed by atoms with Gasteiger partial charge in [-0.3, -0.25) is 24.1 Å². The van der Waals surface area contributed by atoms with Gasteiger partial charge in [0.05, 0.1) is 0 Å². The molecule has 8 amide bonds. The second-order valence-corrected chi connectivity index (χ2v) is 19.5. The molecule has 2 aromatic rings. The summed E-state index contributed by atoms with van der Waals surface area (Å²) in [6.45, 7) is 17.1. The average molecular weight is 921 g/mol. The zero-order valence-electron chi connectivity index (χ0n) is 40.8. The highest BCUT2D eigenvalue weighted by Crippen LogP contribution is 2.19. The number of hydrogen-bond acceptors (Lipinski definition) is 9. The molecular formula is C49H76N8O9. The van der Waals surface area contributed by atoms with Crippen LogP contribution >= 0.6 is 0 Å². The van der Waals surface area contributed by atoms with E-state index in [1.807, 2.05) is 81.4 Å². The molecule has 1 heterocycles. The lowest BCUT2D eigenvalue weighted by molar-refractivity contribution is -0.138. The number of carbonyl (C=O) groups excluding carboxylic acids is 7. The molecule has 4 atom stereocenters. The number of ether oxygens (including phenoxy) is 2. The third-order valence-corrected chi connectivity index (χ3v) is 10.7. The Labute approximate surface area is 391 Å². The second-order valence-electron chi connectivity index (χ2n) is 19.5. The summed E-state index contributed by atoms with van der Waals surface area (Å²) in [6, 6.07) is 15.2. The number of hydrogen-bond donors (Lipinski definition) is 6. The quantitative estimate of drug-likeness (QED) is 0.0885. The summed E-state index contributed by atoms with van der Waals surface area (Å²) < 4.78 is 11.0. The lowest BCUT2D eigenvalue weighted by atomic mass is 9.99. The SMILES string of the molecule is CNC(=O)NC1CCN(C(=O)[C@@H](CCCCNC(=O)OC(C)(C)C)NC(=O)[C@@H](CC(C)C)NC(=O)[C@@H](Cc2ccccc2)NC(=O)CN(C[C@H](C)c2ccccc2)C(=O)OC(C)(C)C)CC1. The molecule has 0 radical (unpaired) electrons. The van der Waals surface area contributed by atoms with Crippen molar-refractivity contribution < 1.29 is 43.0 Å². The van der Waals surface area contributed by atoms with Crippen LogP contribution < -0.4 is 31.9 Å². The Bertz CT molecular complexity index is 1880. The van der Waals surface area contributed by atoms with Gasteiger partial charge >= 0.3 is 18.2 Å². The summed E-state index contributed by atoms with van der Waals surface area (Å²) >= 11 is 0. The molecule has 0 spiro atoms. The first-order valence-electron chi connectivity index (χ1n) is 23.2. The van der Waals surface area contributed by atoms with Crippen molar-refractivity contribution in [1.82, 2.24) is 41.7 Å². The van der Waals surface area contributed by atoms with Gasteiger partial charge in [-0.1, -0.05) is 81.4 Å². The van der Waals surface area contributed by atoms with Gasteiger partial charge in [-0.2, -0.15) is 0 Å². The van der Waals surface area contributed by atoms with Crippen LogP contribution in [-0.2, 0) is 35.1 Å². The molecule has 1 fully saturated rings. The first-order chi connectivity index (χ1) is 31.0. The topological polar surface area (TPSA) is 217 Å². The first kappa shape index (κ1) is 54.5. The van der Waals surface area contributed by atoms with E-state index in [4.69, 9.17) is 9.47 Å². The lowest BCUT2D eigenvalue weighted by Crippen LogP contribution is -2.59. The van der Waals surface area contributed by atoms with Gasteiger partial charge in [0, 0.05) is 45.7 Å². The summed E-state index contributed by atoms with van der Waals surface area (Å²) in [5, 5.41) is 16.8. The standard InChI is InChI=1S/C49H76N8O9/c1-33(2)29-39(42(59)54-38(23-17-18-26-51-46(63)65-48(4,5)6)44(61)56-27-24-37(25-28-56)52-45(62)50-10)55-43(60)40(30-35-19-13-11-14-20-35)53-41(58)32-57(47(64)66-49(7,8)9)31-34(3)36-21-15-12-16-22-36/h11-16,19-22,33-34,37-40H,17-18,23-32H2,1-10H3,(H,51,63)(H,53,58)(H,54,59)(H,55,60)(H2,50,52,62)/t34-,38+,39+,40+/m0/s1. The molecule has 6 N–H and O–H groups in total. The normalized spacial score (nSPS) is 15.0. The molecular weight excluding hydrogens is 845 g/mol. The average Bonchev–Trinajstić information content (AvgIpc) is 3.24. The summed E-state index contributed by atoms with van der Waals surface area (Å²) in [7, 11) is 1.54. The fourth-order valence-corrected chi connectivity index (χ4v) is 7.43. The van der Waals surface area contributed by atoms with E-state index in [-0.39, 0.29) is 55.6 Å². The van der Waals surface area contributed by atoms with Gasteiger partial charge in [0.15, 0.2) is 0 Å². The summed E-state index contributed by atoms with van der Waals surface area (Å²) in [5.74, 6) is -2.26. The van der Waals surface area contributed by atoms with E-state index in [9.17, 15) is 33.6 Å². The Morgan fingerprint density at radius 3 is 1.89 bits per heavy atom. The maximum absolute atomic E-state index is 14.4. The highest BCUT2D eigenvalue weighted by molar-refractivity contribution is 5.95. The molecule has 17 nitrogen and oxygen atoms in total. The maximum atomic E-state index is 14.4. The van der Waals surface area contributed by atoms with Crippen molar-refractivity contribution >= 4 is 41.8 Å². The number of piperidine rings is 1. The van der Waals surface area contributed by atoms with Crippen LogP contribution in [0.4, 0.5) is 14.4 Å². The van der Waals surface area contributed by atoms with E-state index in [1.54, 1.807) is 46.4 Å². The Morgan fingerprint density at radius 2 is 1.32 bits per heavy atom. The minimum atomic E-state index is -1.14. The monoisotopic (exact) mass is 921 g/mol. The summed E-state index contributed by atoms with van der Waals surface area (Å²) in [6.07, 6.45) is 1.37. The zero-order chi connectivity index (χ0) is 49.0. The number of unbranched alkanes of at least 4 members (excludes halogenated alkanes) is 1. The van der Waals surface area contributed by atoms with Crippen LogP contribution in [0.1, 0.15) is 118 Å². The molecule has 366 valence electrons. The van der Waals surface area contributed by atoms with E-state index in [0.29, 0.717) is 45.3 Å². The highest BCUT2D eigenvalue weighted by Gasteiger charge is 2.34. The third kappa shape index (κ3) is 20.5. The first-order valence-corrected chi connectivity index (χ1v) is 23.2. The van der Waals surface area contributed by atoms with E-state index >= 15 is 0 Å². The van der Waals surface area contributed by atoms with E-state index in [2.05, 4.69) is 31.9 Å². The van der Waals surface area contributed by atoms with Crippen molar-refractivity contribution in [3.63, 3.8) is 0 Å². The van der Waals surface area contributed by atoms with Gasteiger partial charge in [0.2, 0.25) is 23.6 Å². The van der Waals surface area contributed by atoms with Gasteiger partial charge in [0.1, 0.15) is 35.9 Å². The highest BCUT2D eigenvalue weighted by atomic mass is 16.6. The number of benzene rings is 2. The molecule has 0 aromatic heterocycles. The number of urea groups is 1. The van der Waals surface area contributed by atoms with Crippen molar-refractivity contribution in [2.24, 2.45) is 5.92 Å². The van der Waals surface area contributed by atoms with Crippen LogP contribution in [0.25, 0.3) is 0 Å². The Morgan fingerprint density at radius 1 is 0.742 bits per heavy atom. The van der Waals surface area contributed by atoms with Crippen LogP contribution in [0.15, 0.2) is 60.7 Å². The van der Waals surface area contributed by atoms with Gasteiger partial charge in [-0.05, 0) is 103 Å². The molecule has 17 heteroatoms. The van der Waals surface area contributed by atoms with Gasteiger partial charge in [-0.25, -0.2) is 14.4 Å². The van der Waals surface area contributed by atoms with E-state index in [0.717, 1.165) is 11.1 Å². The number of alkyl carbamates (subject to hydrolysis) is 1. The number of carbonyl (C=O) groups is 7. The number of rotatable bonds is 21. The Hall–Kier alpha value is -5.87. The van der Waals surface area contributed by atoms with Crippen LogP contribution in [0.3, 0.4) is 0 Å². The van der Waals surface area contributed by atoms with Crippen LogP contribution in [0, 0.1) is 5.92 Å². The molecule has 0 bridgehead atoms. The summed E-state index contributed by atoms with van der Waals surface area (Å²) in [5.41, 5.74) is 0.245. The van der Waals surface area contributed by atoms with Crippen molar-refractivity contribution in [3.8, 4) is 0 Å². The number of likely N-dealkylation sites (tertiary alicyclic amines) is 1. The molecule has 1 saturated heterocycles. The van der Waals surface area contributed by atoms with Gasteiger partial charge in [0.25, 0.3) is 0 Å². The third-order valence-electron chi connectivity index (χ3n) is 10.7. The largest absolute Gasteiger partial charge is 0.444 e. The molecule has 2 aromatic carbocycles. The lowest BCUT2D eigenvalue weighted by Gasteiger charge is -2.35. The molecule has 3 rings (SSSR count). The van der Waals surface area contributed by atoms with Crippen molar-refractivity contribution in [3.05, 3.63) is 71.8 Å². The molecule has 0 aliphatic carbocycles. The number of amides is 8. The maximum Gasteiger partial charge on any atom is 0.410 e. The zero-order valence-corrected chi connectivity index (χ0v) is 40.8. The molecule has 0 unspecified atom stereocenters. The fraction of sp³-hybridized carbons (Fsp3) is 0.612. The van der Waals surface area contributed by atoms with Gasteiger partial charge in [-0.15, -0.1) is 0 Å². The van der Waals surface area contributed by atoms with E-state index in [1.165, 1.54) is 11.9 Å². The van der Waals surface area contributed by atoms with E-state index < -0.39 is 65.8 Å². The minimum Gasteiger partial charge on any atom is -0.444 e. The smallest absolute Gasteiger partial charge is 0.410 e. The fourth-order valence-electron chi connectivity index (χ4n) is 7.43. The number of nitrogens with zero attached hydrogens (tertiary/aromatic N) is 2. The predicted molar refractivity (Wildman–Crippen MR) is 253 cm³/mol. The van der Waals surface area contributed by atoms with Crippen LogP contribution in [0.2, 0.25) is 0 Å². The number of nitrogens with one attached hydrogen (secondary N) is 6. The minimum absolute atomic E-state index is 0.0582. The van der Waals surface area contributed by atoms with Crippen molar-refractivity contribution in [2.45, 2.75) is 149 Å². The van der Waals surface area contributed by atoms with Crippen LogP contribution in [0.5, 0.6) is 0 Å². The summed E-state index contributed by atoms with van der Waals surface area (Å²) in [4.78, 5) is 97.5. The Balaban J connectivity index is 1.83. The Kier molecular flexibility index (Phi) is 21.7. The van der Waals surface area contributed by atoms with Crippen molar-refractivity contribution in [1.29, 1.82) is 0 Å². The molecule has 0 saturated carbocycles. The molecule has 66 heavy (non-hydrogen) atoms. The van der Waals surface area contributed by atoms with Crippen molar-refractivity contribution in [2.75, 3.05) is 39.8 Å². The second kappa shape index (κ2) is 26.3. The predicted octanol–water partition coefficient (Wildman–Crippen LogP) is 5.39. The van der Waals surface area contributed by atoms with Gasteiger partial charge < -0.3 is 46.3 Å². The van der Waals surface area contributed by atoms with Crippen LogP contribution in [-0.4, -0.2) is 127 Å².